The standard InChI is InChI=1S/C19H18F2N6O3/c20-19(21)29-14-4-3-13(10-15(14)30-19)12-25-6-8-26(9-7-25)18(28)24-17-11-22-16-2-1-5-23-27(16)17/h1-5,10-11H,6-9,12H2,(H,24,28). The average molecular weight is 416 g/mol. The van der Waals surface area contributed by atoms with Crippen molar-refractivity contribution in [1.29, 1.82) is 0 Å². The van der Waals surface area contributed by atoms with Gasteiger partial charge in [0.2, 0.25) is 0 Å². The van der Waals surface area contributed by atoms with E-state index in [1.165, 1.54) is 6.07 Å². The zero-order valence-electron chi connectivity index (χ0n) is 15.8. The molecule has 1 fully saturated rings. The summed E-state index contributed by atoms with van der Waals surface area (Å²) in [6.07, 6.45) is -0.420. The Bertz CT molecular complexity index is 1100. The molecule has 0 atom stereocenters. The number of halogens is 2. The molecule has 0 bridgehead atoms. The molecule has 156 valence electrons. The number of piperazine rings is 1. The zero-order valence-corrected chi connectivity index (χ0v) is 15.8. The van der Waals surface area contributed by atoms with Gasteiger partial charge in [0, 0.05) is 38.9 Å². The van der Waals surface area contributed by atoms with Crippen LogP contribution in [-0.4, -0.2) is 62.9 Å². The SMILES string of the molecule is O=C(Nc1cnc2cccnn12)N1CCN(Cc2ccc3c(c2)OC(F)(F)O3)CC1. The van der Waals surface area contributed by atoms with Gasteiger partial charge in [-0.25, -0.2) is 9.78 Å². The summed E-state index contributed by atoms with van der Waals surface area (Å²) in [5.41, 5.74) is 1.49. The lowest BCUT2D eigenvalue weighted by atomic mass is 10.1. The van der Waals surface area contributed by atoms with Crippen LogP contribution >= 0.6 is 0 Å². The van der Waals surface area contributed by atoms with Crippen molar-refractivity contribution < 1.29 is 23.0 Å². The largest absolute Gasteiger partial charge is 0.586 e. The summed E-state index contributed by atoms with van der Waals surface area (Å²) in [5, 5.41) is 7.02. The Morgan fingerprint density at radius 3 is 2.77 bits per heavy atom. The van der Waals surface area contributed by atoms with Gasteiger partial charge < -0.3 is 14.4 Å². The van der Waals surface area contributed by atoms with Crippen LogP contribution in [0.15, 0.2) is 42.7 Å². The molecule has 0 spiro atoms. The number of ether oxygens (including phenoxy) is 2. The number of anilines is 1. The van der Waals surface area contributed by atoms with Crippen LogP contribution in [0.3, 0.4) is 0 Å². The first-order valence-electron chi connectivity index (χ1n) is 9.43. The molecular formula is C19H18F2N6O3. The third-order valence-corrected chi connectivity index (χ3v) is 5.04. The lowest BCUT2D eigenvalue weighted by Gasteiger charge is -2.34. The van der Waals surface area contributed by atoms with Gasteiger partial charge in [0.15, 0.2) is 23.0 Å². The van der Waals surface area contributed by atoms with Gasteiger partial charge in [0.25, 0.3) is 0 Å². The second-order valence-electron chi connectivity index (χ2n) is 7.08. The Labute approximate surface area is 169 Å². The molecule has 3 aromatic rings. The van der Waals surface area contributed by atoms with Crippen molar-refractivity contribution in [3.63, 3.8) is 0 Å². The number of urea groups is 1. The minimum Gasteiger partial charge on any atom is -0.395 e. The van der Waals surface area contributed by atoms with E-state index >= 15 is 0 Å². The van der Waals surface area contributed by atoms with E-state index in [0.717, 1.165) is 5.56 Å². The lowest BCUT2D eigenvalue weighted by molar-refractivity contribution is -0.286. The molecule has 2 aliphatic rings. The zero-order chi connectivity index (χ0) is 20.7. The molecule has 0 aliphatic carbocycles. The van der Waals surface area contributed by atoms with Gasteiger partial charge in [-0.2, -0.15) is 9.61 Å². The van der Waals surface area contributed by atoms with Crippen molar-refractivity contribution in [2.24, 2.45) is 0 Å². The van der Waals surface area contributed by atoms with E-state index in [-0.39, 0.29) is 17.5 Å². The van der Waals surface area contributed by atoms with Crippen molar-refractivity contribution in [1.82, 2.24) is 24.4 Å². The van der Waals surface area contributed by atoms with E-state index in [1.807, 2.05) is 0 Å². The van der Waals surface area contributed by atoms with Crippen LogP contribution in [0.1, 0.15) is 5.56 Å². The normalized spacial score (nSPS) is 18.0. The summed E-state index contributed by atoms with van der Waals surface area (Å²) in [6, 6.07) is 8.15. The molecule has 5 rings (SSSR count). The third kappa shape index (κ3) is 3.59. The van der Waals surface area contributed by atoms with Crippen molar-refractivity contribution in [2.45, 2.75) is 12.8 Å². The minimum absolute atomic E-state index is 0.0344. The molecule has 2 amide bonds. The minimum atomic E-state index is -3.61. The molecule has 30 heavy (non-hydrogen) atoms. The van der Waals surface area contributed by atoms with Crippen LogP contribution in [-0.2, 0) is 6.54 Å². The van der Waals surface area contributed by atoms with E-state index in [2.05, 4.69) is 29.8 Å². The van der Waals surface area contributed by atoms with Crippen LogP contribution in [0, 0.1) is 0 Å². The molecule has 1 N–H and O–H groups in total. The molecule has 0 radical (unpaired) electrons. The maximum Gasteiger partial charge on any atom is 0.586 e. The number of carbonyl (C=O) groups excluding carboxylic acids is 1. The second-order valence-corrected chi connectivity index (χ2v) is 7.08. The number of hydrogen-bond acceptors (Lipinski definition) is 6. The highest BCUT2D eigenvalue weighted by Gasteiger charge is 2.43. The first-order valence-corrected chi connectivity index (χ1v) is 9.43. The van der Waals surface area contributed by atoms with Crippen LogP contribution < -0.4 is 14.8 Å². The highest BCUT2D eigenvalue weighted by atomic mass is 19.3. The number of rotatable bonds is 3. The Kier molecular flexibility index (Phi) is 4.39. The molecule has 0 unspecified atom stereocenters. The Balaban J connectivity index is 1.16. The highest BCUT2D eigenvalue weighted by Crippen LogP contribution is 2.41. The summed E-state index contributed by atoms with van der Waals surface area (Å²) in [7, 11) is 0. The van der Waals surface area contributed by atoms with Gasteiger partial charge in [0.1, 0.15) is 0 Å². The van der Waals surface area contributed by atoms with Crippen LogP contribution in [0.5, 0.6) is 11.5 Å². The summed E-state index contributed by atoms with van der Waals surface area (Å²) in [6.45, 7) is 2.96. The molecule has 2 aliphatic heterocycles. The number of imidazole rings is 1. The molecule has 1 aromatic carbocycles. The van der Waals surface area contributed by atoms with E-state index in [4.69, 9.17) is 0 Å². The second kappa shape index (κ2) is 7.10. The van der Waals surface area contributed by atoms with Gasteiger partial charge in [-0.3, -0.25) is 10.2 Å². The van der Waals surface area contributed by atoms with Crippen molar-refractivity contribution in [3.8, 4) is 11.5 Å². The molecule has 11 heteroatoms. The van der Waals surface area contributed by atoms with E-state index in [1.54, 1.807) is 46.1 Å². The van der Waals surface area contributed by atoms with Crippen molar-refractivity contribution in [2.75, 3.05) is 31.5 Å². The van der Waals surface area contributed by atoms with E-state index < -0.39 is 6.29 Å². The summed E-state index contributed by atoms with van der Waals surface area (Å²) >= 11 is 0. The third-order valence-electron chi connectivity index (χ3n) is 5.04. The fourth-order valence-electron chi connectivity index (χ4n) is 3.56. The predicted octanol–water partition coefficient (Wildman–Crippen LogP) is 2.40. The van der Waals surface area contributed by atoms with Crippen LogP contribution in [0.2, 0.25) is 0 Å². The number of benzene rings is 1. The predicted molar refractivity (Wildman–Crippen MR) is 102 cm³/mol. The lowest BCUT2D eigenvalue weighted by Crippen LogP contribution is -2.49. The molecule has 4 heterocycles. The summed E-state index contributed by atoms with van der Waals surface area (Å²) in [4.78, 5) is 20.7. The van der Waals surface area contributed by atoms with Gasteiger partial charge in [-0.1, -0.05) is 6.07 Å². The Morgan fingerprint density at radius 2 is 1.93 bits per heavy atom. The van der Waals surface area contributed by atoms with Crippen molar-refractivity contribution in [3.05, 3.63) is 48.3 Å². The van der Waals surface area contributed by atoms with Gasteiger partial charge in [0.05, 0.1) is 6.20 Å². The van der Waals surface area contributed by atoms with Gasteiger partial charge in [-0.15, -0.1) is 8.78 Å². The van der Waals surface area contributed by atoms with Crippen LogP contribution in [0.4, 0.5) is 19.4 Å². The smallest absolute Gasteiger partial charge is 0.395 e. The van der Waals surface area contributed by atoms with Crippen LogP contribution in [0.25, 0.3) is 5.65 Å². The molecule has 1 saturated heterocycles. The summed E-state index contributed by atoms with van der Waals surface area (Å²) < 4.78 is 36.8. The Morgan fingerprint density at radius 1 is 1.13 bits per heavy atom. The molecule has 0 saturated carbocycles. The Hall–Kier alpha value is -3.47. The number of amides is 2. The van der Waals surface area contributed by atoms with Gasteiger partial charge >= 0.3 is 12.3 Å². The number of aromatic nitrogens is 3. The first-order chi connectivity index (χ1) is 14.5. The number of hydrogen-bond donors (Lipinski definition) is 1. The molecule has 9 nitrogen and oxygen atoms in total. The number of nitrogens with one attached hydrogen (secondary N) is 1. The fraction of sp³-hybridized carbons (Fsp3) is 0.316. The number of fused-ring (bicyclic) bond motifs is 2. The number of carbonyl (C=O) groups is 1. The van der Waals surface area contributed by atoms with Crippen molar-refractivity contribution >= 4 is 17.5 Å². The fourth-order valence-corrected chi connectivity index (χ4v) is 3.56. The molecule has 2 aromatic heterocycles. The monoisotopic (exact) mass is 416 g/mol. The highest BCUT2D eigenvalue weighted by molar-refractivity contribution is 5.88. The number of alkyl halides is 2. The van der Waals surface area contributed by atoms with E-state index in [9.17, 15) is 13.6 Å². The quantitative estimate of drug-likeness (QED) is 0.706. The topological polar surface area (TPSA) is 84.2 Å². The van der Waals surface area contributed by atoms with Gasteiger partial charge in [-0.05, 0) is 29.8 Å². The maximum absolute atomic E-state index is 13.2. The summed E-state index contributed by atoms with van der Waals surface area (Å²) in [5.74, 6) is 0.583. The number of nitrogens with zero attached hydrogens (tertiary/aromatic N) is 5. The average Bonchev–Trinajstić information content (AvgIpc) is 3.27. The first kappa shape index (κ1) is 18.6. The molecular weight excluding hydrogens is 398 g/mol. The maximum atomic E-state index is 13.2. The van der Waals surface area contributed by atoms with E-state index in [0.29, 0.717) is 44.2 Å².